The molecule has 106 valence electrons. The Morgan fingerprint density at radius 3 is 3.10 bits per heavy atom. The molecule has 6 heteroatoms. The van der Waals surface area contributed by atoms with Crippen LogP contribution in [0.25, 0.3) is 0 Å². The smallest absolute Gasteiger partial charge is 0.239 e. The first kappa shape index (κ1) is 13.9. The van der Waals surface area contributed by atoms with Gasteiger partial charge in [0.25, 0.3) is 0 Å². The van der Waals surface area contributed by atoms with Crippen molar-refractivity contribution in [3.63, 3.8) is 0 Å². The molecule has 0 aliphatic rings. The molecule has 1 aromatic heterocycles. The average molecular weight is 274 g/mol. The lowest BCUT2D eigenvalue weighted by Gasteiger charge is -2.07. The summed E-state index contributed by atoms with van der Waals surface area (Å²) in [4.78, 5) is 10.8. The number of primary amides is 1. The third-order valence-corrected chi connectivity index (χ3v) is 2.66. The molecule has 1 heterocycles. The molecule has 0 fully saturated rings. The summed E-state index contributed by atoms with van der Waals surface area (Å²) in [6.07, 6.45) is 3.41. The van der Waals surface area contributed by atoms with Crippen LogP contribution in [0.5, 0.6) is 5.75 Å². The SMILES string of the molecule is CCOc1cccc(CNc2cnn(CC(N)=O)c2)c1. The summed E-state index contributed by atoms with van der Waals surface area (Å²) in [5.41, 5.74) is 7.06. The second-order valence-electron chi connectivity index (χ2n) is 4.33. The van der Waals surface area contributed by atoms with Crippen molar-refractivity contribution < 1.29 is 9.53 Å². The Labute approximate surface area is 117 Å². The van der Waals surface area contributed by atoms with Gasteiger partial charge in [0.1, 0.15) is 12.3 Å². The normalized spacial score (nSPS) is 10.2. The standard InChI is InChI=1S/C14H18N4O2/c1-2-20-13-5-3-4-11(6-13)7-16-12-8-17-18(9-12)10-14(15)19/h3-6,8-9,16H,2,7,10H2,1H3,(H2,15,19). The first-order valence-corrected chi connectivity index (χ1v) is 6.43. The van der Waals surface area contributed by atoms with Gasteiger partial charge in [0, 0.05) is 12.7 Å². The number of benzene rings is 1. The molecule has 0 saturated heterocycles. The highest BCUT2D eigenvalue weighted by Crippen LogP contribution is 2.15. The maximum absolute atomic E-state index is 10.8. The molecule has 0 bridgehead atoms. The summed E-state index contributed by atoms with van der Waals surface area (Å²) >= 11 is 0. The summed E-state index contributed by atoms with van der Waals surface area (Å²) in [5.74, 6) is 0.445. The topological polar surface area (TPSA) is 82.2 Å². The quantitative estimate of drug-likeness (QED) is 0.799. The zero-order valence-corrected chi connectivity index (χ0v) is 11.4. The van der Waals surface area contributed by atoms with Crippen LogP contribution in [0.2, 0.25) is 0 Å². The maximum Gasteiger partial charge on any atom is 0.239 e. The number of nitrogens with zero attached hydrogens (tertiary/aromatic N) is 2. The van der Waals surface area contributed by atoms with Gasteiger partial charge in [-0.3, -0.25) is 9.48 Å². The number of hydrogen-bond acceptors (Lipinski definition) is 4. The molecule has 1 aromatic carbocycles. The van der Waals surface area contributed by atoms with Gasteiger partial charge in [0.05, 0.1) is 18.5 Å². The molecule has 20 heavy (non-hydrogen) atoms. The van der Waals surface area contributed by atoms with Crippen LogP contribution in [0, 0.1) is 0 Å². The number of hydrogen-bond donors (Lipinski definition) is 2. The molecule has 2 rings (SSSR count). The van der Waals surface area contributed by atoms with Crippen LogP contribution in [-0.4, -0.2) is 22.3 Å². The van der Waals surface area contributed by atoms with E-state index in [9.17, 15) is 4.79 Å². The fraction of sp³-hybridized carbons (Fsp3) is 0.286. The van der Waals surface area contributed by atoms with Crippen LogP contribution in [0.1, 0.15) is 12.5 Å². The van der Waals surface area contributed by atoms with Crippen molar-refractivity contribution in [1.29, 1.82) is 0 Å². The van der Waals surface area contributed by atoms with Crippen LogP contribution >= 0.6 is 0 Å². The van der Waals surface area contributed by atoms with Crippen molar-refractivity contribution in [3.05, 3.63) is 42.2 Å². The number of carbonyl (C=O) groups excluding carboxylic acids is 1. The molecule has 0 spiro atoms. The van der Waals surface area contributed by atoms with E-state index in [0.717, 1.165) is 17.0 Å². The first-order valence-electron chi connectivity index (χ1n) is 6.43. The molecule has 0 saturated carbocycles. The highest BCUT2D eigenvalue weighted by atomic mass is 16.5. The van der Waals surface area contributed by atoms with Crippen molar-refractivity contribution in [2.45, 2.75) is 20.0 Å². The molecule has 2 aromatic rings. The van der Waals surface area contributed by atoms with Gasteiger partial charge < -0.3 is 15.8 Å². The number of amides is 1. The summed E-state index contributed by atoms with van der Waals surface area (Å²) in [6, 6.07) is 7.89. The third-order valence-electron chi connectivity index (χ3n) is 2.66. The summed E-state index contributed by atoms with van der Waals surface area (Å²) in [7, 11) is 0. The third kappa shape index (κ3) is 4.01. The van der Waals surface area contributed by atoms with E-state index in [0.29, 0.717) is 13.2 Å². The number of aromatic nitrogens is 2. The van der Waals surface area contributed by atoms with E-state index in [1.807, 2.05) is 31.2 Å². The zero-order valence-electron chi connectivity index (χ0n) is 11.4. The van der Waals surface area contributed by atoms with Crippen molar-refractivity contribution in [2.75, 3.05) is 11.9 Å². The molecule has 0 aliphatic carbocycles. The Hall–Kier alpha value is -2.50. The van der Waals surface area contributed by atoms with E-state index in [-0.39, 0.29) is 6.54 Å². The van der Waals surface area contributed by atoms with Gasteiger partial charge in [-0.2, -0.15) is 5.10 Å². The fourth-order valence-corrected chi connectivity index (χ4v) is 1.82. The number of ether oxygens (including phenoxy) is 1. The predicted molar refractivity (Wildman–Crippen MR) is 76.4 cm³/mol. The minimum atomic E-state index is -0.413. The number of carbonyl (C=O) groups is 1. The lowest BCUT2D eigenvalue weighted by molar-refractivity contribution is -0.118. The molecule has 3 N–H and O–H groups in total. The van der Waals surface area contributed by atoms with E-state index in [1.54, 1.807) is 12.4 Å². The van der Waals surface area contributed by atoms with E-state index in [4.69, 9.17) is 10.5 Å². The summed E-state index contributed by atoms with van der Waals surface area (Å²) < 4.78 is 6.95. The van der Waals surface area contributed by atoms with E-state index in [1.165, 1.54) is 4.68 Å². The van der Waals surface area contributed by atoms with Gasteiger partial charge >= 0.3 is 0 Å². The second-order valence-corrected chi connectivity index (χ2v) is 4.33. The Balaban J connectivity index is 1.92. The largest absolute Gasteiger partial charge is 0.494 e. The maximum atomic E-state index is 10.8. The van der Waals surface area contributed by atoms with E-state index in [2.05, 4.69) is 10.4 Å². The van der Waals surface area contributed by atoms with Crippen molar-refractivity contribution >= 4 is 11.6 Å². The van der Waals surface area contributed by atoms with Crippen LogP contribution in [0.3, 0.4) is 0 Å². The molecule has 0 atom stereocenters. The van der Waals surface area contributed by atoms with Crippen LogP contribution in [0.4, 0.5) is 5.69 Å². The van der Waals surface area contributed by atoms with Crippen molar-refractivity contribution in [2.24, 2.45) is 5.73 Å². The molecule has 6 nitrogen and oxygen atoms in total. The molecule has 1 amide bonds. The van der Waals surface area contributed by atoms with Gasteiger partial charge in [-0.15, -0.1) is 0 Å². The number of nitrogens with one attached hydrogen (secondary N) is 1. The van der Waals surface area contributed by atoms with Crippen LogP contribution < -0.4 is 15.8 Å². The predicted octanol–water partition coefficient (Wildman–Crippen LogP) is 1.38. The highest BCUT2D eigenvalue weighted by Gasteiger charge is 2.02. The first-order chi connectivity index (χ1) is 9.67. The van der Waals surface area contributed by atoms with Crippen molar-refractivity contribution in [3.8, 4) is 5.75 Å². The van der Waals surface area contributed by atoms with Crippen LogP contribution in [0.15, 0.2) is 36.7 Å². The zero-order chi connectivity index (χ0) is 14.4. The molecule has 0 unspecified atom stereocenters. The van der Waals surface area contributed by atoms with Gasteiger partial charge in [0.15, 0.2) is 0 Å². The van der Waals surface area contributed by atoms with E-state index < -0.39 is 5.91 Å². The van der Waals surface area contributed by atoms with Crippen LogP contribution in [-0.2, 0) is 17.9 Å². The second kappa shape index (κ2) is 6.60. The minimum Gasteiger partial charge on any atom is -0.494 e. The van der Waals surface area contributed by atoms with Gasteiger partial charge in [-0.05, 0) is 24.6 Å². The van der Waals surface area contributed by atoms with Gasteiger partial charge in [-0.1, -0.05) is 12.1 Å². The molecule has 0 radical (unpaired) electrons. The molecular formula is C14H18N4O2. The van der Waals surface area contributed by atoms with Gasteiger partial charge in [0.2, 0.25) is 5.91 Å². The number of rotatable bonds is 7. The summed E-state index contributed by atoms with van der Waals surface area (Å²) in [6.45, 7) is 3.35. The Bertz CT molecular complexity index is 580. The molecule has 0 aliphatic heterocycles. The summed E-state index contributed by atoms with van der Waals surface area (Å²) in [5, 5.41) is 7.28. The lowest BCUT2D eigenvalue weighted by atomic mass is 10.2. The number of anilines is 1. The van der Waals surface area contributed by atoms with Crippen molar-refractivity contribution in [1.82, 2.24) is 9.78 Å². The Morgan fingerprint density at radius 2 is 2.35 bits per heavy atom. The fourth-order valence-electron chi connectivity index (χ4n) is 1.82. The average Bonchev–Trinajstić information content (AvgIpc) is 2.84. The van der Waals surface area contributed by atoms with Gasteiger partial charge in [-0.25, -0.2) is 0 Å². The minimum absolute atomic E-state index is 0.0848. The Morgan fingerprint density at radius 1 is 1.50 bits per heavy atom. The monoisotopic (exact) mass is 274 g/mol. The lowest BCUT2D eigenvalue weighted by Crippen LogP contribution is -2.18. The highest BCUT2D eigenvalue weighted by molar-refractivity contribution is 5.73. The molecular weight excluding hydrogens is 256 g/mol. The van der Waals surface area contributed by atoms with E-state index >= 15 is 0 Å². The Kier molecular flexibility index (Phi) is 4.60. The number of nitrogens with two attached hydrogens (primary N) is 1.